The van der Waals surface area contributed by atoms with Crippen LogP contribution in [0.15, 0.2) is 36.4 Å². The number of allylic oxidation sites excluding steroid dienone is 2. The Labute approximate surface area is 115 Å². The predicted molar refractivity (Wildman–Crippen MR) is 79.3 cm³/mol. The Kier molecular flexibility index (Phi) is 3.84. The van der Waals surface area contributed by atoms with Crippen molar-refractivity contribution in [2.24, 2.45) is 0 Å². The summed E-state index contributed by atoms with van der Waals surface area (Å²) >= 11 is 6.39. The van der Waals surface area contributed by atoms with Crippen LogP contribution in [0.1, 0.15) is 39.2 Å². The first-order valence-electron chi connectivity index (χ1n) is 6.58. The normalized spacial score (nSPS) is 18.2. The van der Waals surface area contributed by atoms with Crippen LogP contribution >= 0.6 is 11.6 Å². The number of hydrogen-bond donors (Lipinski definition) is 1. The summed E-state index contributed by atoms with van der Waals surface area (Å²) in [7, 11) is 0. The zero-order valence-electron chi connectivity index (χ0n) is 11.5. The first kappa shape index (κ1) is 13.6. The average Bonchev–Trinajstić information content (AvgIpc) is 2.76. The molecule has 0 radical (unpaired) electrons. The van der Waals surface area contributed by atoms with Crippen molar-refractivity contribution >= 4 is 11.6 Å². The van der Waals surface area contributed by atoms with Gasteiger partial charge in [-0.05, 0) is 45.2 Å². The summed E-state index contributed by atoms with van der Waals surface area (Å²) in [6, 6.07) is 8.24. The van der Waals surface area contributed by atoms with Gasteiger partial charge in [0.15, 0.2) is 0 Å². The van der Waals surface area contributed by atoms with Crippen molar-refractivity contribution in [2.75, 3.05) is 6.54 Å². The molecule has 0 fully saturated rings. The largest absolute Gasteiger partial charge is 0.311 e. The average molecular weight is 264 g/mol. The molecule has 0 heterocycles. The van der Waals surface area contributed by atoms with Crippen LogP contribution in [0, 0.1) is 0 Å². The molecule has 0 bridgehead atoms. The fourth-order valence-corrected chi connectivity index (χ4v) is 2.82. The predicted octanol–water partition coefficient (Wildman–Crippen LogP) is 4.32. The van der Waals surface area contributed by atoms with Gasteiger partial charge in [-0.2, -0.15) is 0 Å². The number of benzene rings is 1. The molecule has 0 amide bonds. The van der Waals surface area contributed by atoms with E-state index in [0.717, 1.165) is 24.4 Å². The second-order valence-electron chi connectivity index (χ2n) is 6.24. The Hall–Kier alpha value is -0.790. The topological polar surface area (TPSA) is 12.0 Å². The smallest absolute Gasteiger partial charge is 0.0444 e. The maximum atomic E-state index is 6.39. The zero-order chi connectivity index (χ0) is 13.2. The molecule has 0 spiro atoms. The third-order valence-corrected chi connectivity index (χ3v) is 3.92. The Morgan fingerprint density at radius 2 is 1.78 bits per heavy atom. The van der Waals surface area contributed by atoms with E-state index >= 15 is 0 Å². The lowest BCUT2D eigenvalue weighted by Gasteiger charge is -2.34. The Morgan fingerprint density at radius 1 is 1.17 bits per heavy atom. The SMILES string of the molecule is CC(C)(C)NCC1(c2ccccc2Cl)CC=CC1. The van der Waals surface area contributed by atoms with Gasteiger partial charge in [-0.15, -0.1) is 0 Å². The summed E-state index contributed by atoms with van der Waals surface area (Å²) in [6.45, 7) is 7.58. The van der Waals surface area contributed by atoms with Crippen molar-refractivity contribution in [3.8, 4) is 0 Å². The van der Waals surface area contributed by atoms with Gasteiger partial charge in [0.1, 0.15) is 0 Å². The van der Waals surface area contributed by atoms with Gasteiger partial charge < -0.3 is 5.32 Å². The summed E-state index contributed by atoms with van der Waals surface area (Å²) in [5.74, 6) is 0. The van der Waals surface area contributed by atoms with Crippen LogP contribution < -0.4 is 5.32 Å². The Balaban J connectivity index is 2.25. The van der Waals surface area contributed by atoms with Gasteiger partial charge in [0.25, 0.3) is 0 Å². The van der Waals surface area contributed by atoms with Gasteiger partial charge >= 0.3 is 0 Å². The molecule has 1 aliphatic carbocycles. The molecule has 0 saturated heterocycles. The number of rotatable bonds is 3. The van der Waals surface area contributed by atoms with E-state index in [2.05, 4.69) is 50.4 Å². The maximum absolute atomic E-state index is 6.39. The number of hydrogen-bond acceptors (Lipinski definition) is 1. The quantitative estimate of drug-likeness (QED) is 0.801. The molecule has 0 unspecified atom stereocenters. The van der Waals surface area contributed by atoms with Crippen LogP contribution in [0.5, 0.6) is 0 Å². The molecule has 1 aliphatic rings. The van der Waals surface area contributed by atoms with Crippen molar-refractivity contribution in [1.29, 1.82) is 0 Å². The molecule has 98 valence electrons. The molecular weight excluding hydrogens is 242 g/mol. The second-order valence-corrected chi connectivity index (χ2v) is 6.65. The van der Waals surface area contributed by atoms with Gasteiger partial charge in [-0.1, -0.05) is 42.0 Å². The molecule has 0 aliphatic heterocycles. The van der Waals surface area contributed by atoms with E-state index in [1.807, 2.05) is 12.1 Å². The summed E-state index contributed by atoms with van der Waals surface area (Å²) in [4.78, 5) is 0. The lowest BCUT2D eigenvalue weighted by atomic mass is 9.77. The molecule has 0 aromatic heterocycles. The highest BCUT2D eigenvalue weighted by Gasteiger charge is 2.35. The highest BCUT2D eigenvalue weighted by molar-refractivity contribution is 6.31. The first-order chi connectivity index (χ1) is 8.43. The van der Waals surface area contributed by atoms with E-state index in [9.17, 15) is 0 Å². The summed E-state index contributed by atoms with van der Waals surface area (Å²) in [5, 5.41) is 4.52. The number of nitrogens with one attached hydrogen (secondary N) is 1. The van der Waals surface area contributed by atoms with Crippen LogP contribution in [0.25, 0.3) is 0 Å². The van der Waals surface area contributed by atoms with E-state index in [-0.39, 0.29) is 11.0 Å². The second kappa shape index (κ2) is 5.07. The fraction of sp³-hybridized carbons (Fsp3) is 0.500. The molecule has 2 heteroatoms. The molecule has 1 N–H and O–H groups in total. The van der Waals surface area contributed by atoms with E-state index < -0.39 is 0 Å². The van der Waals surface area contributed by atoms with Crippen molar-refractivity contribution in [2.45, 2.75) is 44.6 Å². The minimum absolute atomic E-state index is 0.131. The van der Waals surface area contributed by atoms with Gasteiger partial charge in [-0.25, -0.2) is 0 Å². The van der Waals surface area contributed by atoms with Crippen LogP contribution in [-0.4, -0.2) is 12.1 Å². The molecule has 1 nitrogen and oxygen atoms in total. The van der Waals surface area contributed by atoms with Crippen molar-refractivity contribution < 1.29 is 0 Å². The minimum Gasteiger partial charge on any atom is -0.311 e. The monoisotopic (exact) mass is 263 g/mol. The van der Waals surface area contributed by atoms with Gasteiger partial charge in [0.05, 0.1) is 0 Å². The van der Waals surface area contributed by atoms with E-state index in [1.165, 1.54) is 5.56 Å². The van der Waals surface area contributed by atoms with Crippen molar-refractivity contribution in [3.05, 3.63) is 47.0 Å². The van der Waals surface area contributed by atoms with Crippen molar-refractivity contribution in [1.82, 2.24) is 5.32 Å². The summed E-state index contributed by atoms with van der Waals surface area (Å²) in [5.41, 5.74) is 1.54. The standard InChI is InChI=1S/C16H22ClN/c1-15(2,3)18-12-16(10-6-7-11-16)13-8-4-5-9-14(13)17/h4-9,18H,10-12H2,1-3H3. The van der Waals surface area contributed by atoms with Gasteiger partial charge in [0, 0.05) is 22.5 Å². The third kappa shape index (κ3) is 2.96. The molecule has 0 atom stereocenters. The maximum Gasteiger partial charge on any atom is 0.0444 e. The van der Waals surface area contributed by atoms with Crippen LogP contribution in [0.3, 0.4) is 0 Å². The summed E-state index contributed by atoms with van der Waals surface area (Å²) in [6.07, 6.45) is 6.68. The van der Waals surface area contributed by atoms with Crippen LogP contribution in [0.4, 0.5) is 0 Å². The molecule has 1 aromatic carbocycles. The summed E-state index contributed by atoms with van der Waals surface area (Å²) < 4.78 is 0. The third-order valence-electron chi connectivity index (χ3n) is 3.59. The molecule has 2 rings (SSSR count). The van der Waals surface area contributed by atoms with Crippen molar-refractivity contribution in [3.63, 3.8) is 0 Å². The van der Waals surface area contributed by atoms with Gasteiger partial charge in [-0.3, -0.25) is 0 Å². The molecular formula is C16H22ClN. The molecule has 18 heavy (non-hydrogen) atoms. The molecule has 1 aromatic rings. The molecule has 0 saturated carbocycles. The van der Waals surface area contributed by atoms with Crippen LogP contribution in [0.2, 0.25) is 5.02 Å². The zero-order valence-corrected chi connectivity index (χ0v) is 12.2. The fourth-order valence-electron chi connectivity index (χ4n) is 2.49. The Morgan fingerprint density at radius 3 is 2.33 bits per heavy atom. The lowest BCUT2D eigenvalue weighted by Crippen LogP contribution is -2.45. The highest BCUT2D eigenvalue weighted by Crippen LogP contribution is 2.40. The minimum atomic E-state index is 0.131. The first-order valence-corrected chi connectivity index (χ1v) is 6.96. The van der Waals surface area contributed by atoms with E-state index in [4.69, 9.17) is 11.6 Å². The van der Waals surface area contributed by atoms with E-state index in [0.29, 0.717) is 0 Å². The Bertz CT molecular complexity index is 435. The van der Waals surface area contributed by atoms with E-state index in [1.54, 1.807) is 0 Å². The lowest BCUT2D eigenvalue weighted by molar-refractivity contribution is 0.340. The highest BCUT2D eigenvalue weighted by atomic mass is 35.5. The van der Waals surface area contributed by atoms with Gasteiger partial charge in [0.2, 0.25) is 0 Å². The van der Waals surface area contributed by atoms with Crippen LogP contribution in [-0.2, 0) is 5.41 Å². The number of halogens is 1.